The Kier molecular flexibility index (Phi) is 5.89. The highest BCUT2D eigenvalue weighted by molar-refractivity contribution is 6.32. The summed E-state index contributed by atoms with van der Waals surface area (Å²) in [6, 6.07) is 6.80. The Bertz CT molecular complexity index is 532. The molecule has 0 saturated carbocycles. The van der Waals surface area contributed by atoms with Crippen molar-refractivity contribution < 1.29 is 9.53 Å². The number of rotatable bonds is 3. The van der Waals surface area contributed by atoms with Crippen molar-refractivity contribution in [2.45, 2.75) is 32.1 Å². The van der Waals surface area contributed by atoms with E-state index in [4.69, 9.17) is 21.6 Å². The van der Waals surface area contributed by atoms with Crippen LogP contribution in [0.25, 0.3) is 0 Å². The van der Waals surface area contributed by atoms with E-state index in [1.165, 1.54) is 25.3 Å². The first-order valence-corrected chi connectivity index (χ1v) is 7.69. The van der Waals surface area contributed by atoms with Gasteiger partial charge in [0.25, 0.3) is 5.91 Å². The number of likely N-dealkylation sites (tertiary alicyclic amines) is 1. The number of carbonyl (C=O) groups is 1. The van der Waals surface area contributed by atoms with Gasteiger partial charge >= 0.3 is 0 Å². The molecule has 1 aromatic rings. The Hall–Kier alpha value is -1.73. The molecule has 0 aromatic heterocycles. The van der Waals surface area contributed by atoms with E-state index in [0.29, 0.717) is 16.3 Å². The lowest BCUT2D eigenvalue weighted by Crippen LogP contribution is -2.37. The average molecular weight is 307 g/mol. The van der Waals surface area contributed by atoms with Crippen LogP contribution in [-0.2, 0) is 4.79 Å². The maximum Gasteiger partial charge on any atom is 0.260 e. The van der Waals surface area contributed by atoms with Crippen LogP contribution in [0.3, 0.4) is 0 Å². The maximum atomic E-state index is 12.2. The molecule has 5 heteroatoms. The molecule has 0 unspecified atom stereocenters. The van der Waals surface area contributed by atoms with Gasteiger partial charge in [0.15, 0.2) is 6.61 Å². The first-order chi connectivity index (χ1) is 10.2. The first-order valence-electron chi connectivity index (χ1n) is 7.31. The smallest absolute Gasteiger partial charge is 0.260 e. The zero-order valence-electron chi connectivity index (χ0n) is 12.0. The quantitative estimate of drug-likeness (QED) is 0.860. The summed E-state index contributed by atoms with van der Waals surface area (Å²) < 4.78 is 5.49. The van der Waals surface area contributed by atoms with Crippen molar-refractivity contribution in [1.29, 1.82) is 5.26 Å². The molecule has 4 nitrogen and oxygen atoms in total. The zero-order valence-corrected chi connectivity index (χ0v) is 12.7. The Morgan fingerprint density at radius 1 is 1.24 bits per heavy atom. The Morgan fingerprint density at radius 2 is 1.90 bits per heavy atom. The summed E-state index contributed by atoms with van der Waals surface area (Å²) in [7, 11) is 0. The van der Waals surface area contributed by atoms with Crippen LogP contribution < -0.4 is 4.74 Å². The van der Waals surface area contributed by atoms with E-state index in [1.54, 1.807) is 12.1 Å². The van der Waals surface area contributed by atoms with Crippen LogP contribution in [0.4, 0.5) is 0 Å². The predicted molar refractivity (Wildman–Crippen MR) is 81.3 cm³/mol. The number of ether oxygens (including phenoxy) is 1. The molecule has 0 radical (unpaired) electrons. The molecule has 1 aliphatic heterocycles. The minimum absolute atomic E-state index is 0.00248. The van der Waals surface area contributed by atoms with Crippen LogP contribution in [0, 0.1) is 11.3 Å². The van der Waals surface area contributed by atoms with Crippen molar-refractivity contribution in [2.75, 3.05) is 19.7 Å². The number of nitrogens with zero attached hydrogens (tertiary/aromatic N) is 2. The van der Waals surface area contributed by atoms with Gasteiger partial charge in [0.2, 0.25) is 0 Å². The molecule has 0 atom stereocenters. The van der Waals surface area contributed by atoms with Crippen LogP contribution >= 0.6 is 11.6 Å². The van der Waals surface area contributed by atoms with Gasteiger partial charge in [0, 0.05) is 13.1 Å². The van der Waals surface area contributed by atoms with Gasteiger partial charge in [-0.3, -0.25) is 4.79 Å². The summed E-state index contributed by atoms with van der Waals surface area (Å²) in [5.74, 6) is 0.438. The zero-order chi connectivity index (χ0) is 15.1. The third-order valence-electron chi connectivity index (χ3n) is 3.62. The van der Waals surface area contributed by atoms with Crippen molar-refractivity contribution in [3.63, 3.8) is 0 Å². The lowest BCUT2D eigenvalue weighted by Gasteiger charge is -2.24. The number of benzene rings is 1. The van der Waals surface area contributed by atoms with E-state index in [0.717, 1.165) is 25.9 Å². The first kappa shape index (κ1) is 15.7. The Morgan fingerprint density at radius 3 is 2.52 bits per heavy atom. The van der Waals surface area contributed by atoms with E-state index >= 15 is 0 Å². The van der Waals surface area contributed by atoms with Crippen molar-refractivity contribution >= 4 is 17.5 Å². The van der Waals surface area contributed by atoms with Crippen LogP contribution in [0.15, 0.2) is 18.2 Å². The number of hydrogen-bond donors (Lipinski definition) is 0. The van der Waals surface area contributed by atoms with Gasteiger partial charge in [-0.05, 0) is 31.0 Å². The molecule has 21 heavy (non-hydrogen) atoms. The minimum Gasteiger partial charge on any atom is -0.482 e. The Labute approximate surface area is 130 Å². The Balaban J connectivity index is 1.89. The standard InChI is InChI=1S/C16H19ClN2O2/c17-14-10-13(11-18)6-7-15(14)21-12-16(20)19-8-4-2-1-3-5-9-19/h6-7,10H,1-5,8-9,12H2. The van der Waals surface area contributed by atoms with Gasteiger partial charge in [-0.2, -0.15) is 5.26 Å². The summed E-state index contributed by atoms with van der Waals surface area (Å²) in [5.41, 5.74) is 0.474. The number of nitriles is 1. The van der Waals surface area contributed by atoms with Crippen LogP contribution in [-0.4, -0.2) is 30.5 Å². The normalized spacial score (nSPS) is 15.7. The molecular formula is C16H19ClN2O2. The van der Waals surface area contributed by atoms with E-state index in [9.17, 15) is 4.79 Å². The number of halogens is 1. The third kappa shape index (κ3) is 4.64. The molecule has 1 saturated heterocycles. The monoisotopic (exact) mass is 306 g/mol. The minimum atomic E-state index is -0.00831. The van der Waals surface area contributed by atoms with Gasteiger partial charge < -0.3 is 9.64 Å². The number of hydrogen-bond acceptors (Lipinski definition) is 3. The highest BCUT2D eigenvalue weighted by atomic mass is 35.5. The largest absolute Gasteiger partial charge is 0.482 e. The summed E-state index contributed by atoms with van der Waals surface area (Å²) >= 11 is 6.02. The maximum absolute atomic E-state index is 12.2. The molecular weight excluding hydrogens is 288 g/mol. The second-order valence-electron chi connectivity index (χ2n) is 5.19. The van der Waals surface area contributed by atoms with Gasteiger partial charge in [0.1, 0.15) is 5.75 Å². The summed E-state index contributed by atoms with van der Waals surface area (Å²) in [5, 5.41) is 9.14. The number of amides is 1. The van der Waals surface area contributed by atoms with Crippen molar-refractivity contribution in [3.8, 4) is 11.8 Å². The van der Waals surface area contributed by atoms with E-state index in [1.807, 2.05) is 11.0 Å². The predicted octanol–water partition coefficient (Wildman–Crippen LogP) is 3.38. The van der Waals surface area contributed by atoms with Gasteiger partial charge in [-0.25, -0.2) is 0 Å². The molecule has 112 valence electrons. The SMILES string of the molecule is N#Cc1ccc(OCC(=O)N2CCCCCCC2)c(Cl)c1. The molecule has 0 aliphatic carbocycles. The number of carbonyl (C=O) groups excluding carboxylic acids is 1. The average Bonchev–Trinajstić information content (AvgIpc) is 2.45. The van der Waals surface area contributed by atoms with E-state index in [-0.39, 0.29) is 12.5 Å². The highest BCUT2D eigenvalue weighted by Gasteiger charge is 2.15. The van der Waals surface area contributed by atoms with Gasteiger partial charge in [0.05, 0.1) is 16.7 Å². The fourth-order valence-corrected chi connectivity index (χ4v) is 2.65. The molecule has 0 spiro atoms. The van der Waals surface area contributed by atoms with Crippen molar-refractivity contribution in [2.24, 2.45) is 0 Å². The summed E-state index contributed by atoms with van der Waals surface area (Å²) in [4.78, 5) is 14.0. The second-order valence-corrected chi connectivity index (χ2v) is 5.60. The molecule has 1 amide bonds. The van der Waals surface area contributed by atoms with Crippen molar-refractivity contribution in [3.05, 3.63) is 28.8 Å². The summed E-state index contributed by atoms with van der Waals surface area (Å²) in [6.07, 6.45) is 5.75. The fourth-order valence-electron chi connectivity index (χ4n) is 2.42. The highest BCUT2D eigenvalue weighted by Crippen LogP contribution is 2.25. The molecule has 2 rings (SSSR count). The van der Waals surface area contributed by atoms with Gasteiger partial charge in [-0.1, -0.05) is 30.9 Å². The molecule has 1 heterocycles. The van der Waals surface area contributed by atoms with Gasteiger partial charge in [-0.15, -0.1) is 0 Å². The molecule has 1 aliphatic rings. The van der Waals surface area contributed by atoms with E-state index in [2.05, 4.69) is 0 Å². The van der Waals surface area contributed by atoms with Crippen LogP contribution in [0.2, 0.25) is 5.02 Å². The van der Waals surface area contributed by atoms with Crippen LogP contribution in [0.1, 0.15) is 37.7 Å². The second kappa shape index (κ2) is 7.90. The van der Waals surface area contributed by atoms with E-state index < -0.39 is 0 Å². The molecule has 1 aromatic carbocycles. The molecule has 0 N–H and O–H groups in total. The lowest BCUT2D eigenvalue weighted by atomic mass is 10.1. The van der Waals surface area contributed by atoms with Crippen molar-refractivity contribution in [1.82, 2.24) is 4.90 Å². The topological polar surface area (TPSA) is 53.3 Å². The molecule has 1 fully saturated rings. The molecule has 0 bridgehead atoms. The fraction of sp³-hybridized carbons (Fsp3) is 0.500. The van der Waals surface area contributed by atoms with Crippen LogP contribution in [0.5, 0.6) is 5.75 Å². The lowest BCUT2D eigenvalue weighted by molar-refractivity contribution is -0.133. The summed E-state index contributed by atoms with van der Waals surface area (Å²) in [6.45, 7) is 1.61. The third-order valence-corrected chi connectivity index (χ3v) is 3.92.